The van der Waals surface area contributed by atoms with Crippen LogP contribution in [0, 0.1) is 11.8 Å². The van der Waals surface area contributed by atoms with Crippen molar-refractivity contribution in [2.45, 2.75) is 25.9 Å². The van der Waals surface area contributed by atoms with Gasteiger partial charge in [0, 0.05) is 23.9 Å². The second kappa shape index (κ2) is 6.05. The van der Waals surface area contributed by atoms with Crippen LogP contribution in [-0.2, 0) is 4.79 Å². The van der Waals surface area contributed by atoms with Crippen LogP contribution in [0.4, 0.5) is 0 Å². The molecule has 0 aromatic heterocycles. The molecule has 0 amide bonds. The van der Waals surface area contributed by atoms with E-state index in [1.807, 2.05) is 12.1 Å². The quantitative estimate of drug-likeness (QED) is 0.824. The van der Waals surface area contributed by atoms with Crippen molar-refractivity contribution in [1.82, 2.24) is 4.90 Å². The molecule has 2 aromatic carbocycles. The van der Waals surface area contributed by atoms with Crippen molar-refractivity contribution >= 4 is 5.78 Å². The molecule has 1 heterocycles. The molecule has 0 saturated carbocycles. The van der Waals surface area contributed by atoms with Gasteiger partial charge < -0.3 is 0 Å². The Kier molecular flexibility index (Phi) is 4.12. The van der Waals surface area contributed by atoms with Gasteiger partial charge in [0.2, 0.25) is 0 Å². The van der Waals surface area contributed by atoms with E-state index in [0.29, 0.717) is 5.78 Å². The Hall–Kier alpha value is -1.93. The standard InChI is InChI=1S/C20H23NO/c1-14-18(16-10-6-4-7-11-16)21(3)19(15(2)20(14)22)17-12-8-5-9-13-17/h4-15,18-19H,1-3H3/t14-,15+,18-,19+. The largest absolute Gasteiger partial charge is 0.299 e. The number of ketones is 1. The predicted octanol–water partition coefficient (Wildman–Crippen LogP) is 4.26. The summed E-state index contributed by atoms with van der Waals surface area (Å²) in [7, 11) is 2.15. The van der Waals surface area contributed by atoms with E-state index >= 15 is 0 Å². The summed E-state index contributed by atoms with van der Waals surface area (Å²) in [5.74, 6) is 0.394. The molecule has 0 unspecified atom stereocenters. The minimum absolute atomic E-state index is 0.0161. The SMILES string of the molecule is C[C@@H]1C(=O)[C@H](C)[C@H](c2ccccc2)N(C)[C@@H]1c1ccccc1. The van der Waals surface area contributed by atoms with Crippen LogP contribution in [0.3, 0.4) is 0 Å². The van der Waals surface area contributed by atoms with Gasteiger partial charge in [0.15, 0.2) is 0 Å². The molecule has 0 radical (unpaired) electrons. The predicted molar refractivity (Wildman–Crippen MR) is 89.5 cm³/mol. The van der Waals surface area contributed by atoms with Gasteiger partial charge in [-0.3, -0.25) is 9.69 Å². The van der Waals surface area contributed by atoms with Crippen LogP contribution in [0.2, 0.25) is 0 Å². The Bertz CT molecular complexity index is 582. The Morgan fingerprint density at radius 2 is 1.09 bits per heavy atom. The van der Waals surface area contributed by atoms with Crippen molar-refractivity contribution in [3.8, 4) is 0 Å². The summed E-state index contributed by atoms with van der Waals surface area (Å²) in [4.78, 5) is 15.2. The summed E-state index contributed by atoms with van der Waals surface area (Å²) in [5, 5.41) is 0. The maximum Gasteiger partial charge on any atom is 0.142 e. The minimum Gasteiger partial charge on any atom is -0.299 e. The Balaban J connectivity index is 2.03. The number of piperidine rings is 1. The second-order valence-electron chi connectivity index (χ2n) is 6.36. The van der Waals surface area contributed by atoms with E-state index in [1.54, 1.807) is 0 Å². The van der Waals surface area contributed by atoms with Crippen LogP contribution >= 0.6 is 0 Å². The van der Waals surface area contributed by atoms with Gasteiger partial charge in [-0.25, -0.2) is 0 Å². The van der Waals surface area contributed by atoms with Crippen molar-refractivity contribution in [3.63, 3.8) is 0 Å². The zero-order chi connectivity index (χ0) is 15.7. The third kappa shape index (κ3) is 2.48. The first-order valence-electron chi connectivity index (χ1n) is 7.97. The lowest BCUT2D eigenvalue weighted by molar-refractivity contribution is -0.136. The summed E-state index contributed by atoms with van der Waals surface area (Å²) < 4.78 is 0. The van der Waals surface area contributed by atoms with Gasteiger partial charge in [-0.15, -0.1) is 0 Å². The van der Waals surface area contributed by atoms with Crippen LogP contribution in [0.15, 0.2) is 60.7 Å². The summed E-state index contributed by atoms with van der Waals surface area (Å²) in [6, 6.07) is 21.0. The van der Waals surface area contributed by atoms with E-state index in [1.165, 1.54) is 11.1 Å². The maximum atomic E-state index is 12.8. The van der Waals surface area contributed by atoms with Crippen molar-refractivity contribution < 1.29 is 4.79 Å². The van der Waals surface area contributed by atoms with Crippen molar-refractivity contribution in [2.24, 2.45) is 11.8 Å². The highest BCUT2D eigenvalue weighted by Gasteiger charge is 2.43. The maximum absolute atomic E-state index is 12.8. The number of Topliss-reactive ketones (excluding diaryl/α,β-unsaturated/α-hetero) is 1. The molecule has 0 N–H and O–H groups in total. The van der Waals surface area contributed by atoms with E-state index < -0.39 is 0 Å². The average Bonchev–Trinajstić information content (AvgIpc) is 2.55. The third-order valence-corrected chi connectivity index (χ3v) is 5.00. The zero-order valence-corrected chi connectivity index (χ0v) is 13.4. The fourth-order valence-corrected chi connectivity index (χ4v) is 3.95. The normalized spacial score (nSPS) is 29.5. The van der Waals surface area contributed by atoms with E-state index in [4.69, 9.17) is 0 Å². The van der Waals surface area contributed by atoms with Gasteiger partial charge in [0.1, 0.15) is 5.78 Å². The lowest BCUT2D eigenvalue weighted by Gasteiger charge is -2.46. The number of rotatable bonds is 2. The molecule has 2 aromatic rings. The molecule has 2 heteroatoms. The number of nitrogens with zero attached hydrogens (tertiary/aromatic N) is 1. The number of carbonyl (C=O) groups is 1. The van der Waals surface area contributed by atoms with E-state index in [2.05, 4.69) is 74.3 Å². The van der Waals surface area contributed by atoms with Crippen LogP contribution in [0.1, 0.15) is 37.1 Å². The van der Waals surface area contributed by atoms with Crippen LogP contribution in [0.25, 0.3) is 0 Å². The average molecular weight is 293 g/mol. The number of benzene rings is 2. The first-order valence-corrected chi connectivity index (χ1v) is 7.97. The first-order chi connectivity index (χ1) is 10.6. The highest BCUT2D eigenvalue weighted by atomic mass is 16.1. The summed E-state index contributed by atoms with van der Waals surface area (Å²) in [6.07, 6.45) is 0. The summed E-state index contributed by atoms with van der Waals surface area (Å²) >= 11 is 0. The number of hydrogen-bond donors (Lipinski definition) is 0. The number of likely N-dealkylation sites (tertiary alicyclic amines) is 1. The van der Waals surface area contributed by atoms with Crippen LogP contribution < -0.4 is 0 Å². The molecule has 1 fully saturated rings. The number of carbonyl (C=O) groups excluding carboxylic acids is 1. The molecule has 0 bridgehead atoms. The summed E-state index contributed by atoms with van der Waals surface area (Å²) in [6.45, 7) is 4.13. The highest BCUT2D eigenvalue weighted by molar-refractivity contribution is 5.85. The smallest absolute Gasteiger partial charge is 0.142 e. The van der Waals surface area contributed by atoms with Crippen molar-refractivity contribution in [2.75, 3.05) is 7.05 Å². The second-order valence-corrected chi connectivity index (χ2v) is 6.36. The van der Waals surface area contributed by atoms with Crippen LogP contribution in [-0.4, -0.2) is 17.7 Å². The fraction of sp³-hybridized carbons (Fsp3) is 0.350. The molecule has 1 saturated heterocycles. The van der Waals surface area contributed by atoms with Gasteiger partial charge in [-0.05, 0) is 18.2 Å². The molecule has 22 heavy (non-hydrogen) atoms. The lowest BCUT2D eigenvalue weighted by Crippen LogP contribution is -2.47. The molecule has 1 aliphatic heterocycles. The third-order valence-electron chi connectivity index (χ3n) is 5.00. The highest BCUT2D eigenvalue weighted by Crippen LogP contribution is 2.44. The molecule has 1 aliphatic rings. The van der Waals surface area contributed by atoms with Gasteiger partial charge in [0.05, 0.1) is 0 Å². The van der Waals surface area contributed by atoms with E-state index in [0.717, 1.165) is 0 Å². The topological polar surface area (TPSA) is 20.3 Å². The minimum atomic E-state index is 0.0161. The Morgan fingerprint density at radius 3 is 1.45 bits per heavy atom. The fourth-order valence-electron chi connectivity index (χ4n) is 3.95. The number of hydrogen-bond acceptors (Lipinski definition) is 2. The van der Waals surface area contributed by atoms with E-state index in [-0.39, 0.29) is 23.9 Å². The molecule has 0 spiro atoms. The molecule has 0 aliphatic carbocycles. The van der Waals surface area contributed by atoms with Gasteiger partial charge in [-0.2, -0.15) is 0 Å². The Labute approximate surface area is 132 Å². The summed E-state index contributed by atoms with van der Waals surface area (Å²) in [5.41, 5.74) is 2.44. The first kappa shape index (κ1) is 15.0. The molecular formula is C20H23NO. The molecular weight excluding hydrogens is 270 g/mol. The van der Waals surface area contributed by atoms with Gasteiger partial charge >= 0.3 is 0 Å². The molecule has 114 valence electrons. The van der Waals surface area contributed by atoms with Gasteiger partial charge in [0.25, 0.3) is 0 Å². The van der Waals surface area contributed by atoms with Crippen molar-refractivity contribution in [3.05, 3.63) is 71.8 Å². The van der Waals surface area contributed by atoms with E-state index in [9.17, 15) is 4.79 Å². The molecule has 4 atom stereocenters. The molecule has 3 rings (SSSR count). The lowest BCUT2D eigenvalue weighted by atomic mass is 9.75. The van der Waals surface area contributed by atoms with Gasteiger partial charge in [-0.1, -0.05) is 74.5 Å². The Morgan fingerprint density at radius 1 is 0.727 bits per heavy atom. The molecule has 2 nitrogen and oxygen atoms in total. The zero-order valence-electron chi connectivity index (χ0n) is 13.4. The monoisotopic (exact) mass is 293 g/mol. The van der Waals surface area contributed by atoms with Crippen molar-refractivity contribution in [1.29, 1.82) is 0 Å². The van der Waals surface area contributed by atoms with Crippen LogP contribution in [0.5, 0.6) is 0 Å².